The van der Waals surface area contributed by atoms with Crippen molar-refractivity contribution >= 4 is 19.9 Å². The van der Waals surface area contributed by atoms with E-state index < -0.39 is 0 Å². The first-order chi connectivity index (χ1) is 11.6. The molecule has 0 N–H and O–H groups in total. The molecule has 0 radical (unpaired) electrons. The monoisotopic (exact) mass is 331 g/mol. The second kappa shape index (κ2) is 9.27. The van der Waals surface area contributed by atoms with Crippen LogP contribution in [0.1, 0.15) is 5.56 Å². The molecule has 1 aromatic carbocycles. The number of hydrogen-bond acceptors (Lipinski definition) is 5. The van der Waals surface area contributed by atoms with E-state index in [4.69, 9.17) is 18.6 Å². The van der Waals surface area contributed by atoms with Gasteiger partial charge in [-0.2, -0.15) is 0 Å². The fourth-order valence-corrected chi connectivity index (χ4v) is 3.02. The van der Waals surface area contributed by atoms with Crippen LogP contribution in [0.4, 0.5) is 5.69 Å². The molecule has 1 aromatic rings. The van der Waals surface area contributed by atoms with E-state index in [0.717, 1.165) is 25.7 Å². The lowest BCUT2D eigenvalue weighted by atomic mass is 9.74. The van der Waals surface area contributed by atoms with Crippen molar-refractivity contribution in [3.05, 3.63) is 41.0 Å². The number of aryl methyl sites for hydroxylation is 1. The molecule has 0 saturated carbocycles. The van der Waals surface area contributed by atoms with Gasteiger partial charge in [-0.3, -0.25) is 0 Å². The fourth-order valence-electron chi connectivity index (χ4n) is 3.02. The summed E-state index contributed by atoms with van der Waals surface area (Å²) in [6, 6.07) is 8.63. The standard InChI is InChI=1S/C17H27B2NO4/c1-14-6-8-17(9-7-14)20-12-15(10-18(21-2)22-3)16(13-20)11-19(23-4)24-5/h6-9H,10-13H2,1-5H3. The molecule has 1 aliphatic heterocycles. The molecule has 1 heterocycles. The zero-order chi connectivity index (χ0) is 17.5. The molecule has 0 amide bonds. The van der Waals surface area contributed by atoms with E-state index in [0.29, 0.717) is 0 Å². The molecular formula is C17H27B2NO4. The van der Waals surface area contributed by atoms with Crippen molar-refractivity contribution in [1.29, 1.82) is 0 Å². The molecule has 5 nitrogen and oxygen atoms in total. The predicted molar refractivity (Wildman–Crippen MR) is 99.6 cm³/mol. The molecule has 2 rings (SSSR count). The van der Waals surface area contributed by atoms with Crippen LogP contribution in [0.5, 0.6) is 0 Å². The quantitative estimate of drug-likeness (QED) is 0.514. The second-order valence-corrected chi connectivity index (χ2v) is 6.11. The molecule has 7 heteroatoms. The number of benzene rings is 1. The molecule has 24 heavy (non-hydrogen) atoms. The summed E-state index contributed by atoms with van der Waals surface area (Å²) < 4.78 is 21.5. The van der Waals surface area contributed by atoms with Gasteiger partial charge < -0.3 is 23.5 Å². The fraction of sp³-hybridized carbons (Fsp3) is 0.529. The number of rotatable bonds is 9. The van der Waals surface area contributed by atoms with Gasteiger partial charge in [0.1, 0.15) is 0 Å². The molecule has 0 aromatic heterocycles. The van der Waals surface area contributed by atoms with Crippen LogP contribution in [0.25, 0.3) is 0 Å². The van der Waals surface area contributed by atoms with Crippen LogP contribution in [0.15, 0.2) is 35.4 Å². The maximum absolute atomic E-state index is 5.39. The predicted octanol–water partition coefficient (Wildman–Crippen LogP) is 2.67. The Bertz CT molecular complexity index is 516. The Labute approximate surface area is 146 Å². The minimum Gasteiger partial charge on any atom is -0.414 e. The normalized spacial score (nSPS) is 14.5. The van der Waals surface area contributed by atoms with Crippen molar-refractivity contribution in [2.45, 2.75) is 19.6 Å². The average Bonchev–Trinajstić information content (AvgIpc) is 3.00. The highest BCUT2D eigenvalue weighted by Crippen LogP contribution is 2.30. The highest BCUT2D eigenvalue weighted by Gasteiger charge is 2.30. The molecule has 0 aliphatic carbocycles. The topological polar surface area (TPSA) is 40.2 Å². The third-order valence-corrected chi connectivity index (χ3v) is 4.54. The van der Waals surface area contributed by atoms with Crippen molar-refractivity contribution in [3.63, 3.8) is 0 Å². The Morgan fingerprint density at radius 2 is 1.21 bits per heavy atom. The minimum absolute atomic E-state index is 0.225. The summed E-state index contributed by atoms with van der Waals surface area (Å²) in [6.45, 7) is 3.86. The average molecular weight is 331 g/mol. The SMILES string of the molecule is COB(CC1=C(CB(OC)OC)CN(c2ccc(C)cc2)C1)OC. The van der Waals surface area contributed by atoms with E-state index in [9.17, 15) is 0 Å². The van der Waals surface area contributed by atoms with Crippen molar-refractivity contribution < 1.29 is 18.6 Å². The van der Waals surface area contributed by atoms with Gasteiger partial charge in [0, 0.05) is 59.9 Å². The molecule has 0 unspecified atom stereocenters. The van der Waals surface area contributed by atoms with E-state index in [-0.39, 0.29) is 14.2 Å². The third kappa shape index (κ3) is 4.86. The van der Waals surface area contributed by atoms with Gasteiger partial charge in [0.2, 0.25) is 0 Å². The van der Waals surface area contributed by atoms with Crippen LogP contribution < -0.4 is 4.90 Å². The van der Waals surface area contributed by atoms with Crippen LogP contribution in [0.3, 0.4) is 0 Å². The summed E-state index contributed by atoms with van der Waals surface area (Å²) in [5, 5.41) is 0. The van der Waals surface area contributed by atoms with Crippen molar-refractivity contribution in [2.75, 3.05) is 46.4 Å². The van der Waals surface area contributed by atoms with Crippen LogP contribution in [-0.2, 0) is 18.6 Å². The number of nitrogens with zero attached hydrogens (tertiary/aromatic N) is 1. The molecular weight excluding hydrogens is 304 g/mol. The lowest BCUT2D eigenvalue weighted by Gasteiger charge is -2.20. The summed E-state index contributed by atoms with van der Waals surface area (Å²) in [6.07, 6.45) is 1.51. The van der Waals surface area contributed by atoms with Crippen LogP contribution in [-0.4, -0.2) is 55.8 Å². The Balaban J connectivity index is 2.15. The van der Waals surface area contributed by atoms with Gasteiger partial charge in [0.15, 0.2) is 0 Å². The number of hydrogen-bond donors (Lipinski definition) is 0. The molecule has 1 aliphatic rings. The van der Waals surface area contributed by atoms with Gasteiger partial charge >= 0.3 is 14.2 Å². The van der Waals surface area contributed by atoms with Gasteiger partial charge in [0.05, 0.1) is 0 Å². The van der Waals surface area contributed by atoms with Gasteiger partial charge in [-0.25, -0.2) is 0 Å². The summed E-state index contributed by atoms with van der Waals surface area (Å²) in [4.78, 5) is 2.37. The first-order valence-corrected chi connectivity index (χ1v) is 8.23. The van der Waals surface area contributed by atoms with Crippen LogP contribution in [0, 0.1) is 6.92 Å². The Morgan fingerprint density at radius 3 is 1.58 bits per heavy atom. The molecule has 0 fully saturated rings. The maximum atomic E-state index is 5.39. The Kier molecular flexibility index (Phi) is 7.37. The molecule has 130 valence electrons. The molecule has 0 atom stereocenters. The molecule has 0 spiro atoms. The summed E-state index contributed by atoms with van der Waals surface area (Å²) in [5.74, 6) is 0. The Hall–Kier alpha value is -1.27. The van der Waals surface area contributed by atoms with Gasteiger partial charge in [-0.1, -0.05) is 28.8 Å². The van der Waals surface area contributed by atoms with Crippen LogP contribution >= 0.6 is 0 Å². The molecule has 0 saturated heterocycles. The highest BCUT2D eigenvalue weighted by atomic mass is 16.6. The third-order valence-electron chi connectivity index (χ3n) is 4.54. The summed E-state index contributed by atoms with van der Waals surface area (Å²) in [5.41, 5.74) is 5.17. The molecule has 0 bridgehead atoms. The minimum atomic E-state index is -0.225. The van der Waals surface area contributed by atoms with Crippen LogP contribution in [0.2, 0.25) is 12.6 Å². The summed E-state index contributed by atoms with van der Waals surface area (Å²) in [7, 11) is 6.25. The van der Waals surface area contributed by atoms with Gasteiger partial charge in [-0.15, -0.1) is 0 Å². The summed E-state index contributed by atoms with van der Waals surface area (Å²) >= 11 is 0. The zero-order valence-electron chi connectivity index (χ0n) is 15.4. The van der Waals surface area contributed by atoms with E-state index in [1.807, 2.05) is 0 Å². The highest BCUT2D eigenvalue weighted by molar-refractivity contribution is 6.46. The van der Waals surface area contributed by atoms with E-state index >= 15 is 0 Å². The van der Waals surface area contributed by atoms with Crippen molar-refractivity contribution in [3.8, 4) is 0 Å². The van der Waals surface area contributed by atoms with Crippen molar-refractivity contribution in [2.24, 2.45) is 0 Å². The lowest BCUT2D eigenvalue weighted by molar-refractivity contribution is 0.278. The van der Waals surface area contributed by atoms with Crippen molar-refractivity contribution in [1.82, 2.24) is 0 Å². The second-order valence-electron chi connectivity index (χ2n) is 6.11. The number of anilines is 1. The van der Waals surface area contributed by atoms with E-state index in [1.54, 1.807) is 28.4 Å². The van der Waals surface area contributed by atoms with E-state index in [2.05, 4.69) is 36.1 Å². The van der Waals surface area contributed by atoms with Gasteiger partial charge in [-0.05, 0) is 19.1 Å². The largest absolute Gasteiger partial charge is 0.460 e. The Morgan fingerprint density at radius 1 is 0.792 bits per heavy atom. The van der Waals surface area contributed by atoms with E-state index in [1.165, 1.54) is 22.4 Å². The first-order valence-electron chi connectivity index (χ1n) is 8.23. The maximum Gasteiger partial charge on any atom is 0.460 e. The lowest BCUT2D eigenvalue weighted by Crippen LogP contribution is -2.23. The van der Waals surface area contributed by atoms with Gasteiger partial charge in [0.25, 0.3) is 0 Å². The first kappa shape index (κ1) is 19.1. The smallest absolute Gasteiger partial charge is 0.414 e. The zero-order valence-corrected chi connectivity index (χ0v) is 15.4.